The van der Waals surface area contributed by atoms with Gasteiger partial charge in [-0.1, -0.05) is 24.3 Å². The lowest BCUT2D eigenvalue weighted by molar-refractivity contribution is 0.673. The van der Waals surface area contributed by atoms with Crippen molar-refractivity contribution in [2.75, 3.05) is 0 Å². The first-order chi connectivity index (χ1) is 8.36. The van der Waals surface area contributed by atoms with Crippen LogP contribution in [0.4, 0.5) is 0 Å². The molecule has 0 N–H and O–H groups in total. The van der Waals surface area contributed by atoms with Crippen LogP contribution in [-0.2, 0) is 0 Å². The van der Waals surface area contributed by atoms with Gasteiger partial charge in [-0.15, -0.1) is 0 Å². The minimum Gasteiger partial charge on any atom is -0.454 e. The van der Waals surface area contributed by atoms with Crippen molar-refractivity contribution < 1.29 is 4.42 Å². The lowest BCUT2D eigenvalue weighted by atomic mass is 10.2. The zero-order valence-electron chi connectivity index (χ0n) is 8.85. The summed E-state index contributed by atoms with van der Waals surface area (Å²) >= 11 is 2.33. The van der Waals surface area contributed by atoms with Crippen LogP contribution in [0.1, 0.15) is 0 Å². The summed E-state index contributed by atoms with van der Waals surface area (Å²) in [6.45, 7) is 0. The fraction of sp³-hybridized carbons (Fsp3) is 0. The van der Waals surface area contributed by atoms with Crippen molar-refractivity contribution in [1.82, 2.24) is 2.78 Å². The van der Waals surface area contributed by atoms with E-state index in [0.29, 0.717) is 0 Å². The highest BCUT2D eigenvalue weighted by Crippen LogP contribution is 2.37. The van der Waals surface area contributed by atoms with E-state index in [4.69, 9.17) is 4.42 Å². The zero-order valence-corrected chi connectivity index (χ0v) is 11.0. The molecule has 3 heteroatoms. The predicted octanol–water partition coefficient (Wildman–Crippen LogP) is 4.74. The van der Waals surface area contributed by atoms with E-state index in [0.717, 1.165) is 11.2 Å². The Hall–Kier alpha value is -1.49. The summed E-state index contributed by atoms with van der Waals surface area (Å²) in [7, 11) is 0. The summed E-state index contributed by atoms with van der Waals surface area (Å²) in [4.78, 5) is 0. The minimum absolute atomic E-state index is 0.952. The molecular weight excluding hydrogens is 325 g/mol. The van der Waals surface area contributed by atoms with Crippen molar-refractivity contribution in [1.29, 1.82) is 0 Å². The van der Waals surface area contributed by atoms with Gasteiger partial charge in [-0.2, -0.15) is 0 Å². The first kappa shape index (κ1) is 9.53. The number of hydrogen-bond donors (Lipinski definition) is 0. The molecular formula is C14H8INO. The molecule has 0 aliphatic rings. The van der Waals surface area contributed by atoms with E-state index in [1.165, 1.54) is 21.8 Å². The van der Waals surface area contributed by atoms with Gasteiger partial charge in [0.2, 0.25) is 0 Å². The minimum atomic E-state index is 0.952. The Morgan fingerprint density at radius 2 is 1.59 bits per heavy atom. The van der Waals surface area contributed by atoms with Gasteiger partial charge >= 0.3 is 0 Å². The van der Waals surface area contributed by atoms with Gasteiger partial charge in [-0.05, 0) is 24.3 Å². The van der Waals surface area contributed by atoms with Gasteiger partial charge in [0.25, 0.3) is 0 Å². The third-order valence-electron chi connectivity index (χ3n) is 3.13. The van der Waals surface area contributed by atoms with Crippen LogP contribution in [0.25, 0.3) is 33.0 Å². The van der Waals surface area contributed by atoms with Crippen LogP contribution in [0.3, 0.4) is 0 Å². The van der Waals surface area contributed by atoms with E-state index in [1.54, 1.807) is 0 Å². The molecule has 82 valence electrons. The average molecular weight is 333 g/mol. The summed E-state index contributed by atoms with van der Waals surface area (Å²) in [5, 5.41) is 2.35. The molecule has 0 unspecified atom stereocenters. The van der Waals surface area contributed by atoms with Gasteiger partial charge in [0.05, 0.1) is 28.4 Å². The van der Waals surface area contributed by atoms with E-state index in [2.05, 4.69) is 49.9 Å². The molecule has 0 aliphatic carbocycles. The summed E-state index contributed by atoms with van der Waals surface area (Å²) in [5.74, 6) is 0. The molecule has 2 nitrogen and oxygen atoms in total. The number of hydrogen-bond acceptors (Lipinski definition) is 1. The quantitative estimate of drug-likeness (QED) is 0.425. The van der Waals surface area contributed by atoms with Gasteiger partial charge in [0.15, 0.2) is 5.58 Å². The number of nitrogens with zero attached hydrogens (tertiary/aromatic N) is 1. The molecule has 4 rings (SSSR count). The standard InChI is InChI=1S/C14H8INO/c15-16-11-7-3-1-5-9(11)14-13(16)10-6-2-4-8-12(10)17-14/h1-8H. The summed E-state index contributed by atoms with van der Waals surface area (Å²) in [5.41, 5.74) is 4.31. The van der Waals surface area contributed by atoms with Crippen molar-refractivity contribution in [2.45, 2.75) is 0 Å². The second-order valence-corrected chi connectivity index (χ2v) is 5.04. The molecule has 0 saturated heterocycles. The first-order valence-electron chi connectivity index (χ1n) is 5.43. The van der Waals surface area contributed by atoms with E-state index >= 15 is 0 Å². The highest BCUT2D eigenvalue weighted by molar-refractivity contribution is 14.1. The highest BCUT2D eigenvalue weighted by Gasteiger charge is 2.15. The van der Waals surface area contributed by atoms with Crippen molar-refractivity contribution in [3.05, 3.63) is 48.5 Å². The van der Waals surface area contributed by atoms with E-state index in [9.17, 15) is 0 Å². The number of fused-ring (bicyclic) bond motifs is 5. The lowest BCUT2D eigenvalue weighted by Crippen LogP contribution is -1.76. The SMILES string of the molecule is In1c2ccccc2c2oc3ccccc3c21. The number of furan rings is 1. The monoisotopic (exact) mass is 333 g/mol. The molecule has 0 spiro atoms. The van der Waals surface area contributed by atoms with Gasteiger partial charge in [-0.3, -0.25) is 2.78 Å². The fourth-order valence-corrected chi connectivity index (χ4v) is 3.27. The number of para-hydroxylation sites is 2. The molecule has 2 aromatic heterocycles. The molecule has 4 aromatic rings. The Morgan fingerprint density at radius 3 is 2.47 bits per heavy atom. The predicted molar refractivity (Wildman–Crippen MR) is 78.6 cm³/mol. The van der Waals surface area contributed by atoms with Gasteiger partial charge in [0, 0.05) is 10.8 Å². The van der Waals surface area contributed by atoms with Crippen LogP contribution in [0.2, 0.25) is 0 Å². The lowest BCUT2D eigenvalue weighted by Gasteiger charge is -1.94. The van der Waals surface area contributed by atoms with Crippen molar-refractivity contribution >= 4 is 55.8 Å². The van der Waals surface area contributed by atoms with E-state index < -0.39 is 0 Å². The fourth-order valence-electron chi connectivity index (χ4n) is 2.37. The average Bonchev–Trinajstić information content (AvgIpc) is 2.88. The molecule has 0 aliphatic heterocycles. The zero-order chi connectivity index (χ0) is 11.4. The van der Waals surface area contributed by atoms with Crippen LogP contribution in [-0.4, -0.2) is 2.78 Å². The smallest absolute Gasteiger partial charge is 0.161 e. The summed E-state index contributed by atoms with van der Waals surface area (Å²) in [6.07, 6.45) is 0. The molecule has 2 aromatic carbocycles. The van der Waals surface area contributed by atoms with Crippen LogP contribution < -0.4 is 0 Å². The molecule has 0 bridgehead atoms. The number of benzene rings is 2. The molecule has 0 fully saturated rings. The van der Waals surface area contributed by atoms with Crippen LogP contribution in [0.5, 0.6) is 0 Å². The van der Waals surface area contributed by atoms with Gasteiger partial charge in [0.1, 0.15) is 11.1 Å². The molecule has 0 saturated carbocycles. The topological polar surface area (TPSA) is 18.1 Å². The third kappa shape index (κ3) is 1.15. The maximum Gasteiger partial charge on any atom is 0.161 e. The normalized spacial score (nSPS) is 11.8. The van der Waals surface area contributed by atoms with Gasteiger partial charge < -0.3 is 4.42 Å². The molecule has 0 amide bonds. The molecule has 17 heavy (non-hydrogen) atoms. The van der Waals surface area contributed by atoms with E-state index in [-0.39, 0.29) is 0 Å². The van der Waals surface area contributed by atoms with Gasteiger partial charge in [-0.25, -0.2) is 0 Å². The van der Waals surface area contributed by atoms with Crippen LogP contribution in [0.15, 0.2) is 52.9 Å². The van der Waals surface area contributed by atoms with Crippen molar-refractivity contribution in [3.8, 4) is 0 Å². The number of rotatable bonds is 0. The Balaban J connectivity index is 2.40. The van der Waals surface area contributed by atoms with E-state index in [1.807, 2.05) is 24.3 Å². The second kappa shape index (κ2) is 3.26. The van der Waals surface area contributed by atoms with Crippen molar-refractivity contribution in [3.63, 3.8) is 0 Å². The second-order valence-electron chi connectivity index (χ2n) is 4.07. The Labute approximate surface area is 111 Å². The Kier molecular flexibility index (Phi) is 1.83. The third-order valence-corrected chi connectivity index (χ3v) is 4.13. The Bertz CT molecular complexity index is 850. The van der Waals surface area contributed by atoms with Crippen LogP contribution in [0, 0.1) is 0 Å². The van der Waals surface area contributed by atoms with Crippen molar-refractivity contribution in [2.24, 2.45) is 0 Å². The first-order valence-corrected chi connectivity index (χ1v) is 6.39. The molecule has 0 radical (unpaired) electrons. The largest absolute Gasteiger partial charge is 0.454 e. The molecule has 2 heterocycles. The maximum atomic E-state index is 5.96. The summed E-state index contributed by atoms with van der Waals surface area (Å²) < 4.78 is 8.14. The number of halogens is 1. The molecule has 0 atom stereocenters. The maximum absolute atomic E-state index is 5.96. The number of aromatic nitrogens is 1. The summed E-state index contributed by atoms with van der Waals surface area (Å²) in [6, 6.07) is 16.5. The Morgan fingerprint density at radius 1 is 0.882 bits per heavy atom. The highest BCUT2D eigenvalue weighted by atomic mass is 127. The van der Waals surface area contributed by atoms with Crippen LogP contribution >= 0.6 is 22.9 Å².